The Labute approximate surface area is 72.0 Å². The van der Waals surface area contributed by atoms with Crippen molar-refractivity contribution in [2.45, 2.75) is 32.6 Å². The van der Waals surface area contributed by atoms with Crippen LogP contribution in [0.15, 0.2) is 6.20 Å². The van der Waals surface area contributed by atoms with Gasteiger partial charge in [-0.1, -0.05) is 20.8 Å². The van der Waals surface area contributed by atoms with E-state index in [0.29, 0.717) is 4.77 Å². The molecule has 1 rings (SSSR count). The van der Waals surface area contributed by atoms with Crippen LogP contribution in [0.5, 0.6) is 0 Å². The van der Waals surface area contributed by atoms with Crippen molar-refractivity contribution in [2.75, 3.05) is 0 Å². The highest BCUT2D eigenvalue weighted by molar-refractivity contribution is 7.71. The fourth-order valence-corrected chi connectivity index (χ4v) is 1.06. The van der Waals surface area contributed by atoms with Crippen LogP contribution in [0.2, 0.25) is 0 Å². The fraction of sp³-hybridized carbons (Fsp3) is 0.625. The van der Waals surface area contributed by atoms with Crippen molar-refractivity contribution in [3.05, 3.63) is 16.7 Å². The molecule has 0 aliphatic carbocycles. The summed E-state index contributed by atoms with van der Waals surface area (Å²) < 4.78 is 0.710. The van der Waals surface area contributed by atoms with Gasteiger partial charge < -0.3 is 9.97 Å². The number of imidazole rings is 1. The Hall–Kier alpha value is -0.570. The first-order chi connectivity index (χ1) is 5.06. The Kier molecular flexibility index (Phi) is 2.18. The fourth-order valence-electron chi connectivity index (χ4n) is 0.887. The Bertz CT molecular complexity index is 282. The average molecular weight is 170 g/mol. The molecule has 1 heterocycles. The van der Waals surface area contributed by atoms with Crippen LogP contribution in [-0.2, 0) is 5.41 Å². The van der Waals surface area contributed by atoms with E-state index in [2.05, 4.69) is 30.7 Å². The van der Waals surface area contributed by atoms with Crippen molar-refractivity contribution < 1.29 is 0 Å². The van der Waals surface area contributed by atoms with Crippen molar-refractivity contribution in [1.29, 1.82) is 0 Å². The van der Waals surface area contributed by atoms with Crippen LogP contribution in [-0.4, -0.2) is 9.97 Å². The molecule has 0 atom stereocenters. The summed E-state index contributed by atoms with van der Waals surface area (Å²) in [7, 11) is 0. The van der Waals surface area contributed by atoms with Gasteiger partial charge in [-0.05, 0) is 18.6 Å². The van der Waals surface area contributed by atoms with Gasteiger partial charge in [0.15, 0.2) is 4.77 Å². The van der Waals surface area contributed by atoms with Gasteiger partial charge in [-0.3, -0.25) is 0 Å². The largest absolute Gasteiger partial charge is 0.337 e. The molecule has 2 N–H and O–H groups in total. The number of aromatic amines is 2. The van der Waals surface area contributed by atoms with Gasteiger partial charge in [0.25, 0.3) is 0 Å². The van der Waals surface area contributed by atoms with Crippen molar-refractivity contribution in [3.63, 3.8) is 0 Å². The van der Waals surface area contributed by atoms with Crippen LogP contribution >= 0.6 is 12.2 Å². The molecule has 62 valence electrons. The Morgan fingerprint density at radius 2 is 2.18 bits per heavy atom. The first-order valence-electron chi connectivity index (χ1n) is 3.84. The first kappa shape index (κ1) is 8.53. The summed E-state index contributed by atoms with van der Waals surface area (Å²) in [6.45, 7) is 6.56. The lowest BCUT2D eigenvalue weighted by Crippen LogP contribution is -2.15. The molecule has 0 spiro atoms. The molecule has 1 aromatic heterocycles. The Morgan fingerprint density at radius 1 is 1.55 bits per heavy atom. The van der Waals surface area contributed by atoms with E-state index in [0.717, 1.165) is 6.42 Å². The van der Waals surface area contributed by atoms with Crippen molar-refractivity contribution in [1.82, 2.24) is 9.97 Å². The first-order valence-corrected chi connectivity index (χ1v) is 4.25. The normalized spacial score (nSPS) is 11.9. The van der Waals surface area contributed by atoms with Gasteiger partial charge in [0.05, 0.1) is 0 Å². The summed E-state index contributed by atoms with van der Waals surface area (Å²) in [4.78, 5) is 6.09. The molecule has 0 aliphatic rings. The Balaban J connectivity index is 3.01. The Morgan fingerprint density at radius 3 is 2.55 bits per heavy atom. The van der Waals surface area contributed by atoms with E-state index >= 15 is 0 Å². The molecule has 0 saturated heterocycles. The highest BCUT2D eigenvalue weighted by Gasteiger charge is 2.18. The summed E-state index contributed by atoms with van der Waals surface area (Å²) in [5, 5.41) is 0. The topological polar surface area (TPSA) is 31.6 Å². The van der Waals surface area contributed by atoms with Crippen LogP contribution in [0.3, 0.4) is 0 Å². The maximum Gasteiger partial charge on any atom is 0.174 e. The molecule has 0 bridgehead atoms. The number of hydrogen-bond acceptors (Lipinski definition) is 1. The molecule has 2 nitrogen and oxygen atoms in total. The van der Waals surface area contributed by atoms with Gasteiger partial charge in [0.1, 0.15) is 0 Å². The molecule has 0 radical (unpaired) electrons. The minimum absolute atomic E-state index is 0.202. The van der Waals surface area contributed by atoms with E-state index in [-0.39, 0.29) is 5.41 Å². The third-order valence-electron chi connectivity index (χ3n) is 2.21. The summed E-state index contributed by atoms with van der Waals surface area (Å²) in [6, 6.07) is 0. The molecular formula is C8H14N2S. The predicted octanol–water partition coefficient (Wildman–Crippen LogP) is 2.76. The van der Waals surface area contributed by atoms with Crippen molar-refractivity contribution in [3.8, 4) is 0 Å². The predicted molar refractivity (Wildman–Crippen MR) is 49.3 cm³/mol. The smallest absolute Gasteiger partial charge is 0.174 e. The average Bonchev–Trinajstić information content (AvgIpc) is 2.36. The third kappa shape index (κ3) is 1.71. The van der Waals surface area contributed by atoms with Crippen molar-refractivity contribution in [2.24, 2.45) is 0 Å². The number of hydrogen-bond donors (Lipinski definition) is 2. The lowest BCUT2D eigenvalue weighted by Gasteiger charge is -2.19. The molecule has 0 amide bonds. The number of aromatic nitrogens is 2. The zero-order chi connectivity index (χ0) is 8.48. The van der Waals surface area contributed by atoms with Gasteiger partial charge >= 0.3 is 0 Å². The monoisotopic (exact) mass is 170 g/mol. The second-order valence-electron chi connectivity index (χ2n) is 3.39. The van der Waals surface area contributed by atoms with E-state index in [1.165, 1.54) is 5.69 Å². The minimum atomic E-state index is 0.202. The maximum atomic E-state index is 4.94. The van der Waals surface area contributed by atoms with Gasteiger partial charge in [0.2, 0.25) is 0 Å². The molecule has 0 fully saturated rings. The highest BCUT2D eigenvalue weighted by Crippen LogP contribution is 2.23. The molecule has 0 aliphatic heterocycles. The van der Waals surface area contributed by atoms with Crippen molar-refractivity contribution >= 4 is 12.2 Å². The van der Waals surface area contributed by atoms with Gasteiger partial charge in [-0.2, -0.15) is 0 Å². The standard InChI is InChI=1S/C8H14N2S/c1-4-8(2,3)6-5-9-7(11)10-6/h5H,4H2,1-3H3,(H2,9,10,11). The lowest BCUT2D eigenvalue weighted by molar-refractivity contribution is 0.492. The molecule has 0 unspecified atom stereocenters. The number of H-pyrrole nitrogens is 2. The van der Waals surface area contributed by atoms with Gasteiger partial charge in [0, 0.05) is 17.3 Å². The van der Waals surface area contributed by atoms with Crippen LogP contribution in [0, 0.1) is 4.77 Å². The van der Waals surface area contributed by atoms with Crippen LogP contribution < -0.4 is 0 Å². The van der Waals surface area contributed by atoms with E-state index in [1.807, 2.05) is 6.20 Å². The van der Waals surface area contributed by atoms with E-state index in [1.54, 1.807) is 0 Å². The van der Waals surface area contributed by atoms with Crippen LogP contribution in [0.1, 0.15) is 32.9 Å². The molecule has 0 aromatic carbocycles. The zero-order valence-corrected chi connectivity index (χ0v) is 8.01. The summed E-state index contributed by atoms with van der Waals surface area (Å²) in [5.74, 6) is 0. The zero-order valence-electron chi connectivity index (χ0n) is 7.19. The lowest BCUT2D eigenvalue weighted by atomic mass is 9.87. The molecular weight excluding hydrogens is 156 g/mol. The van der Waals surface area contributed by atoms with Crippen LogP contribution in [0.25, 0.3) is 0 Å². The second-order valence-corrected chi connectivity index (χ2v) is 3.80. The summed E-state index contributed by atoms with van der Waals surface area (Å²) in [5.41, 5.74) is 1.39. The van der Waals surface area contributed by atoms with Gasteiger partial charge in [-0.25, -0.2) is 0 Å². The molecule has 3 heteroatoms. The molecule has 1 aromatic rings. The van der Waals surface area contributed by atoms with E-state index < -0.39 is 0 Å². The second kappa shape index (κ2) is 2.81. The maximum absolute atomic E-state index is 4.94. The third-order valence-corrected chi connectivity index (χ3v) is 2.43. The quantitative estimate of drug-likeness (QED) is 0.657. The summed E-state index contributed by atoms with van der Waals surface area (Å²) >= 11 is 4.94. The number of rotatable bonds is 2. The van der Waals surface area contributed by atoms with E-state index in [4.69, 9.17) is 12.2 Å². The molecule has 11 heavy (non-hydrogen) atoms. The SMILES string of the molecule is CCC(C)(C)c1c[nH]c(=S)[nH]1. The van der Waals surface area contributed by atoms with Crippen LogP contribution in [0.4, 0.5) is 0 Å². The molecule has 0 saturated carbocycles. The highest BCUT2D eigenvalue weighted by atomic mass is 32.1. The summed E-state index contributed by atoms with van der Waals surface area (Å²) in [6.07, 6.45) is 3.06. The van der Waals surface area contributed by atoms with Gasteiger partial charge in [-0.15, -0.1) is 0 Å². The number of nitrogens with one attached hydrogen (secondary N) is 2. The van der Waals surface area contributed by atoms with E-state index in [9.17, 15) is 0 Å². The minimum Gasteiger partial charge on any atom is -0.337 e.